The van der Waals surface area contributed by atoms with Gasteiger partial charge in [-0.3, -0.25) is 0 Å². The average Bonchev–Trinajstić information content (AvgIpc) is 2.63. The summed E-state index contributed by atoms with van der Waals surface area (Å²) in [5, 5.41) is 1.47. The van der Waals surface area contributed by atoms with Crippen LogP contribution in [0.25, 0.3) is 0 Å². The van der Waals surface area contributed by atoms with E-state index in [1.54, 1.807) is 24.3 Å². The minimum atomic E-state index is -3.89. The Morgan fingerprint density at radius 3 is 1.69 bits per heavy atom. The lowest BCUT2D eigenvalue weighted by Gasteiger charge is -2.18. The van der Waals surface area contributed by atoms with E-state index < -0.39 is 10.5 Å². The smallest absolute Gasteiger partial charge is 0.126 e. The molecule has 3 rings (SSSR count). The number of hydrogen-bond acceptors (Lipinski definition) is 3. The monoisotopic (exact) mass is 367 g/mol. The third-order valence-electron chi connectivity index (χ3n) is 3.92. The number of aryl methyl sites for hydroxylation is 1. The summed E-state index contributed by atoms with van der Waals surface area (Å²) in [4.78, 5) is 0.147. The second kappa shape index (κ2) is 8.38. The molecule has 133 valence electrons. The fraction of sp³-hybridized carbons (Fsp3) is 0.143. The fourth-order valence-corrected chi connectivity index (χ4v) is 3.51. The van der Waals surface area contributed by atoms with Crippen LogP contribution in [0.3, 0.4) is 0 Å². The van der Waals surface area contributed by atoms with E-state index in [1.807, 2.05) is 67.6 Å². The summed E-state index contributed by atoms with van der Waals surface area (Å²) in [6.07, 6.45) is 0. The van der Waals surface area contributed by atoms with Gasteiger partial charge < -0.3 is 0 Å². The molecule has 1 unspecified atom stereocenters. The quantitative estimate of drug-likeness (QED) is 0.447. The van der Waals surface area contributed by atoms with Gasteiger partial charge >= 0.3 is 10.5 Å². The topological polar surface area (TPSA) is 49.4 Å². The van der Waals surface area contributed by atoms with Crippen LogP contribution in [0.2, 0.25) is 0 Å². The molecule has 26 heavy (non-hydrogen) atoms. The molecule has 0 aliphatic carbocycles. The van der Waals surface area contributed by atoms with Gasteiger partial charge in [0.25, 0.3) is 0 Å². The summed E-state index contributed by atoms with van der Waals surface area (Å²) < 4.78 is 30.8. The van der Waals surface area contributed by atoms with Crippen LogP contribution in [-0.2, 0) is 36.6 Å². The van der Waals surface area contributed by atoms with E-state index in [4.69, 9.17) is 4.28 Å². The van der Waals surface area contributed by atoms with Crippen molar-refractivity contribution in [3.63, 3.8) is 0 Å². The Morgan fingerprint density at radius 2 is 1.23 bits per heavy atom. The Balaban J connectivity index is 1.82. The molecule has 0 heterocycles. The molecule has 0 saturated heterocycles. The van der Waals surface area contributed by atoms with Gasteiger partial charge in [0.15, 0.2) is 0 Å². The van der Waals surface area contributed by atoms with Crippen molar-refractivity contribution in [3.8, 4) is 0 Å². The highest BCUT2D eigenvalue weighted by atomic mass is 32.3. The lowest BCUT2D eigenvalue weighted by molar-refractivity contribution is -0.0797. The molecule has 0 aromatic heterocycles. The molecule has 0 fully saturated rings. The van der Waals surface area contributed by atoms with Crippen molar-refractivity contribution < 1.29 is 13.0 Å². The van der Waals surface area contributed by atoms with E-state index in [1.165, 1.54) is 5.06 Å². The zero-order valence-corrected chi connectivity index (χ0v) is 15.4. The minimum Gasteiger partial charge on any atom is -0.126 e. The van der Waals surface area contributed by atoms with Gasteiger partial charge in [0.1, 0.15) is 0 Å². The first-order valence-corrected chi connectivity index (χ1v) is 9.78. The standard InChI is InChI=1S/C21H21NO3S/c1-18-12-14-21(15-13-18)26(23,24)25-22(16-19-8-4-2-5-9-19)17-20-10-6-3-7-11-20/h2-15H,16-17H2,1H3/q+1. The second-order valence-electron chi connectivity index (χ2n) is 6.11. The summed E-state index contributed by atoms with van der Waals surface area (Å²) in [7, 11) is -3.89. The van der Waals surface area contributed by atoms with Crippen molar-refractivity contribution in [2.24, 2.45) is 0 Å². The van der Waals surface area contributed by atoms with Crippen molar-refractivity contribution >= 4 is 10.5 Å². The highest BCUT2D eigenvalue weighted by Gasteiger charge is 2.38. The third-order valence-corrected chi connectivity index (χ3v) is 5.17. The van der Waals surface area contributed by atoms with E-state index in [-0.39, 0.29) is 4.90 Å². The predicted molar refractivity (Wildman–Crippen MR) is 101 cm³/mol. The van der Waals surface area contributed by atoms with Gasteiger partial charge in [0, 0.05) is 0 Å². The van der Waals surface area contributed by atoms with Crippen LogP contribution in [0.15, 0.2) is 89.8 Å². The first kappa shape index (κ1) is 18.5. The molecule has 0 aliphatic heterocycles. The van der Waals surface area contributed by atoms with E-state index >= 15 is 0 Å². The molecule has 1 radical (unpaired) electrons. The number of nitrogens with zero attached hydrogens (tertiary/aromatic N) is 1. The maximum absolute atomic E-state index is 12.7. The molecule has 0 aliphatic rings. The van der Waals surface area contributed by atoms with Crippen molar-refractivity contribution in [1.29, 1.82) is 0 Å². The van der Waals surface area contributed by atoms with E-state index in [0.717, 1.165) is 16.7 Å². The first-order chi connectivity index (χ1) is 12.5. The summed E-state index contributed by atoms with van der Waals surface area (Å²) in [5.41, 5.74) is 2.94. The molecule has 4 nitrogen and oxygen atoms in total. The minimum absolute atomic E-state index is 0.147. The Labute approximate surface area is 155 Å². The third kappa shape index (κ3) is 5.09. The van der Waals surface area contributed by atoms with Crippen LogP contribution in [0, 0.1) is 6.92 Å². The zero-order valence-electron chi connectivity index (χ0n) is 14.6. The van der Waals surface area contributed by atoms with Gasteiger partial charge in [-0.1, -0.05) is 78.4 Å². The molecule has 3 aromatic carbocycles. The van der Waals surface area contributed by atoms with Gasteiger partial charge in [0.05, 0.1) is 17.6 Å². The SMILES string of the molecule is Cc1ccc([S+]([O])(=O)ON(Cc2ccccc2)Cc2ccccc2)cc1. The fourth-order valence-electron chi connectivity index (χ4n) is 2.57. The van der Waals surface area contributed by atoms with E-state index in [9.17, 15) is 8.76 Å². The first-order valence-electron chi connectivity index (χ1n) is 8.37. The number of benzene rings is 3. The van der Waals surface area contributed by atoms with Crippen LogP contribution in [0.4, 0.5) is 0 Å². The van der Waals surface area contributed by atoms with Crippen molar-refractivity contribution in [2.75, 3.05) is 0 Å². The van der Waals surface area contributed by atoms with Crippen LogP contribution < -0.4 is 0 Å². The maximum Gasteiger partial charge on any atom is 0.447 e. The van der Waals surface area contributed by atoms with Crippen molar-refractivity contribution in [2.45, 2.75) is 24.9 Å². The molecular weight excluding hydrogens is 346 g/mol. The summed E-state index contributed by atoms with van der Waals surface area (Å²) >= 11 is 0. The number of hydroxylamine groups is 2. The van der Waals surface area contributed by atoms with Gasteiger partial charge in [-0.15, -0.1) is 5.06 Å². The predicted octanol–water partition coefficient (Wildman–Crippen LogP) is 4.75. The Hall–Kier alpha value is -2.31. The van der Waals surface area contributed by atoms with Gasteiger partial charge in [-0.2, -0.15) is 0 Å². The lowest BCUT2D eigenvalue weighted by atomic mass is 10.2. The van der Waals surface area contributed by atoms with E-state index in [2.05, 4.69) is 0 Å². The average molecular weight is 367 g/mol. The largest absolute Gasteiger partial charge is 0.447 e. The van der Waals surface area contributed by atoms with Gasteiger partial charge in [-0.05, 0) is 38.7 Å². The number of rotatable bonds is 7. The summed E-state index contributed by atoms with van der Waals surface area (Å²) in [6, 6.07) is 26.0. The Kier molecular flexibility index (Phi) is 5.96. The Morgan fingerprint density at radius 1 is 0.769 bits per heavy atom. The second-order valence-corrected chi connectivity index (χ2v) is 7.64. The molecule has 0 bridgehead atoms. The molecule has 0 saturated carbocycles. The summed E-state index contributed by atoms with van der Waals surface area (Å²) in [5.74, 6) is 0. The molecule has 5 heteroatoms. The zero-order chi connectivity index (χ0) is 18.4. The van der Waals surface area contributed by atoms with Crippen molar-refractivity contribution in [1.82, 2.24) is 5.06 Å². The normalized spacial score (nSPS) is 13.5. The summed E-state index contributed by atoms with van der Waals surface area (Å²) in [6.45, 7) is 2.63. The Bertz CT molecular complexity index is 825. The van der Waals surface area contributed by atoms with Crippen LogP contribution in [0.1, 0.15) is 16.7 Å². The van der Waals surface area contributed by atoms with Crippen LogP contribution in [-0.4, -0.2) is 5.06 Å². The van der Waals surface area contributed by atoms with Gasteiger partial charge in [-0.25, -0.2) is 0 Å². The molecule has 3 aromatic rings. The molecule has 1 atom stereocenters. The lowest BCUT2D eigenvalue weighted by Crippen LogP contribution is -2.29. The highest BCUT2D eigenvalue weighted by Crippen LogP contribution is 2.23. The molecule has 0 N–H and O–H groups in total. The highest BCUT2D eigenvalue weighted by molar-refractivity contribution is 7.92. The van der Waals surface area contributed by atoms with Crippen LogP contribution in [0.5, 0.6) is 0 Å². The molecule has 0 spiro atoms. The van der Waals surface area contributed by atoms with E-state index in [0.29, 0.717) is 13.1 Å². The maximum atomic E-state index is 12.7. The van der Waals surface area contributed by atoms with Crippen molar-refractivity contribution in [3.05, 3.63) is 102 Å². The molecule has 0 amide bonds. The molecular formula is C21H21NO3S+. The van der Waals surface area contributed by atoms with Gasteiger partial charge in [0.2, 0.25) is 4.90 Å². The van der Waals surface area contributed by atoms with Crippen LogP contribution >= 0.6 is 0 Å². The number of hydrogen-bond donors (Lipinski definition) is 0.